The van der Waals surface area contributed by atoms with Gasteiger partial charge in [-0.05, 0) is 24.8 Å². The van der Waals surface area contributed by atoms with E-state index in [1.165, 1.54) is 18.5 Å². The van der Waals surface area contributed by atoms with Crippen molar-refractivity contribution in [2.24, 2.45) is 5.92 Å². The van der Waals surface area contributed by atoms with E-state index in [4.69, 9.17) is 11.6 Å². The Morgan fingerprint density at radius 2 is 2.12 bits per heavy atom. The normalized spacial score (nSPS) is 21.0. The summed E-state index contributed by atoms with van der Waals surface area (Å²) < 4.78 is 57.9. The molecular weight excluding hydrogens is 391 g/mol. The third kappa shape index (κ3) is 3.33. The summed E-state index contributed by atoms with van der Waals surface area (Å²) in [6.07, 6.45) is 0.416. The molecule has 0 aliphatic carbocycles. The number of aromatic nitrogens is 2. The van der Waals surface area contributed by atoms with Gasteiger partial charge >= 0.3 is 0 Å². The number of aromatic amines is 1. The minimum absolute atomic E-state index is 0.00848. The van der Waals surface area contributed by atoms with Gasteiger partial charge in [-0.2, -0.15) is 5.10 Å². The Morgan fingerprint density at radius 3 is 2.69 bits per heavy atom. The molecule has 1 fully saturated rings. The number of rotatable bonds is 4. The van der Waals surface area contributed by atoms with Crippen LogP contribution in [-0.2, 0) is 9.71 Å². The van der Waals surface area contributed by atoms with E-state index >= 15 is 0 Å². The summed E-state index contributed by atoms with van der Waals surface area (Å²) in [4.78, 5) is 0. The van der Waals surface area contributed by atoms with Gasteiger partial charge in [-0.15, -0.1) is 0 Å². The lowest BCUT2D eigenvalue weighted by atomic mass is 9.85. The van der Waals surface area contributed by atoms with Crippen molar-refractivity contribution in [2.45, 2.75) is 24.9 Å². The van der Waals surface area contributed by atoms with Crippen molar-refractivity contribution in [1.29, 1.82) is 0 Å². The van der Waals surface area contributed by atoms with E-state index in [1.807, 2.05) is 0 Å². The third-order valence-electron chi connectivity index (χ3n) is 4.85. The number of halogens is 4. The molecule has 1 aliphatic rings. The highest BCUT2D eigenvalue weighted by molar-refractivity contribution is 7.97. The first-order chi connectivity index (χ1) is 12.0. The van der Waals surface area contributed by atoms with Crippen LogP contribution in [-0.4, -0.2) is 55.0 Å². The maximum Gasteiger partial charge on any atom is 0.280 e. The highest BCUT2D eigenvalue weighted by Gasteiger charge is 2.49. The van der Waals surface area contributed by atoms with Crippen LogP contribution in [0.2, 0.25) is 5.02 Å². The molecule has 2 unspecified atom stereocenters. The first-order valence-electron chi connectivity index (χ1n) is 7.97. The minimum Gasteiger partial charge on any atom is -0.382 e. The Balaban J connectivity index is 1.91. The lowest BCUT2D eigenvalue weighted by Gasteiger charge is -2.38. The van der Waals surface area contributed by atoms with E-state index in [2.05, 4.69) is 16.1 Å². The van der Waals surface area contributed by atoms with Crippen molar-refractivity contribution < 1.29 is 22.5 Å². The Morgan fingerprint density at radius 1 is 1.50 bits per heavy atom. The second kappa shape index (κ2) is 6.70. The van der Waals surface area contributed by atoms with E-state index in [9.17, 15) is 22.5 Å². The van der Waals surface area contributed by atoms with Crippen molar-refractivity contribution in [1.82, 2.24) is 14.5 Å². The first kappa shape index (κ1) is 19.5. The first-order valence-corrected chi connectivity index (χ1v) is 10.4. The number of H-pyrrole nitrogens is 1. The van der Waals surface area contributed by atoms with Gasteiger partial charge in [0, 0.05) is 45.9 Å². The zero-order valence-corrected chi connectivity index (χ0v) is 15.6. The van der Waals surface area contributed by atoms with Crippen LogP contribution in [0.15, 0.2) is 12.3 Å². The van der Waals surface area contributed by atoms with Crippen molar-refractivity contribution in [2.75, 3.05) is 19.3 Å². The molecule has 3 rings (SSSR count). The standard InChI is InChI=1S/C16H19ClF3N3O2S/c1-26(2,25)23-5-3-10(4-6-23)16(19,20)15(24)12-13(18)11(17)7-9-8-21-22-14(9)12/h7-8,10,15,24H,1,3-6H2,2H3,(H,21,22). The summed E-state index contributed by atoms with van der Waals surface area (Å²) in [6.45, 7) is 0.340. The number of hydrogen-bond acceptors (Lipinski definition) is 3. The molecule has 5 nitrogen and oxygen atoms in total. The van der Waals surface area contributed by atoms with Gasteiger partial charge in [0.1, 0.15) is 11.9 Å². The smallest absolute Gasteiger partial charge is 0.280 e. The van der Waals surface area contributed by atoms with Crippen LogP contribution in [0.3, 0.4) is 0 Å². The molecule has 1 aromatic carbocycles. The molecule has 26 heavy (non-hydrogen) atoms. The number of aliphatic hydroxyl groups is 1. The molecule has 0 spiro atoms. The number of nitrogens with one attached hydrogen (secondary N) is 1. The summed E-state index contributed by atoms with van der Waals surface area (Å²) in [7, 11) is -2.47. The van der Waals surface area contributed by atoms with E-state index in [-0.39, 0.29) is 36.5 Å². The molecule has 2 atom stereocenters. The van der Waals surface area contributed by atoms with Gasteiger partial charge in [0.2, 0.25) is 0 Å². The molecule has 2 N–H and O–H groups in total. The van der Waals surface area contributed by atoms with Crippen LogP contribution in [0, 0.1) is 11.7 Å². The summed E-state index contributed by atoms with van der Waals surface area (Å²) in [5, 5.41) is 16.5. The van der Waals surface area contributed by atoms with E-state index < -0.39 is 39.0 Å². The quantitative estimate of drug-likeness (QED) is 0.763. The van der Waals surface area contributed by atoms with Gasteiger partial charge in [-0.25, -0.2) is 17.5 Å². The van der Waals surface area contributed by atoms with Crippen LogP contribution in [0.25, 0.3) is 10.9 Å². The van der Waals surface area contributed by atoms with Crippen molar-refractivity contribution in [3.05, 3.63) is 28.7 Å². The van der Waals surface area contributed by atoms with Crippen molar-refractivity contribution >= 4 is 38.1 Å². The molecule has 1 saturated heterocycles. The summed E-state index contributed by atoms with van der Waals surface area (Å²) in [5.41, 5.74) is -0.597. The second-order valence-corrected chi connectivity index (χ2v) is 9.50. The predicted octanol–water partition coefficient (Wildman–Crippen LogP) is 3.00. The molecule has 2 heterocycles. The number of fused-ring (bicyclic) bond motifs is 1. The highest BCUT2D eigenvalue weighted by atomic mass is 35.5. The van der Waals surface area contributed by atoms with Gasteiger partial charge in [0.05, 0.1) is 16.7 Å². The van der Waals surface area contributed by atoms with E-state index in [1.54, 1.807) is 4.31 Å². The zero-order valence-electron chi connectivity index (χ0n) is 14.0. The predicted molar refractivity (Wildman–Crippen MR) is 96.5 cm³/mol. The van der Waals surface area contributed by atoms with Gasteiger partial charge in [0.25, 0.3) is 5.92 Å². The molecule has 0 amide bonds. The Kier molecular flexibility index (Phi) is 5.02. The number of hydrogen-bond donors (Lipinski definition) is 2. The molecule has 2 aromatic rings. The Bertz CT molecular complexity index is 924. The topological polar surface area (TPSA) is 69.2 Å². The average molecular weight is 410 g/mol. The molecule has 0 saturated carbocycles. The summed E-state index contributed by atoms with van der Waals surface area (Å²) in [5.74, 6) is -2.32. The van der Waals surface area contributed by atoms with Crippen molar-refractivity contribution in [3.63, 3.8) is 0 Å². The third-order valence-corrected chi connectivity index (χ3v) is 6.58. The number of piperidine rings is 1. The monoisotopic (exact) mass is 409 g/mol. The number of benzene rings is 1. The maximum atomic E-state index is 15.0. The van der Waals surface area contributed by atoms with Gasteiger partial charge < -0.3 is 5.11 Å². The van der Waals surface area contributed by atoms with Crippen LogP contribution in [0.5, 0.6) is 0 Å². The van der Waals surface area contributed by atoms with Crippen molar-refractivity contribution in [3.8, 4) is 0 Å². The Labute approximate surface area is 154 Å². The number of alkyl halides is 2. The van der Waals surface area contributed by atoms with Gasteiger partial charge in [-0.1, -0.05) is 11.6 Å². The van der Waals surface area contributed by atoms with Gasteiger partial charge in [-0.3, -0.25) is 9.31 Å². The molecule has 1 aromatic heterocycles. The maximum absolute atomic E-state index is 15.0. The molecule has 0 bridgehead atoms. The highest BCUT2D eigenvalue weighted by Crippen LogP contribution is 2.45. The largest absolute Gasteiger partial charge is 0.382 e. The minimum atomic E-state index is -3.59. The average Bonchev–Trinajstić information content (AvgIpc) is 3.02. The Hall–Kier alpha value is -1.29. The SMILES string of the molecule is C=S(C)(=O)N1CCC(C(F)(F)C(O)c2c(F)c(Cl)cc3cn[nH]c23)CC1. The molecule has 0 radical (unpaired) electrons. The molecule has 1 aliphatic heterocycles. The lowest BCUT2D eigenvalue weighted by molar-refractivity contribution is -0.159. The van der Waals surface area contributed by atoms with Crippen LogP contribution >= 0.6 is 11.6 Å². The summed E-state index contributed by atoms with van der Waals surface area (Å²) >= 11 is 5.78. The fraction of sp³-hybridized carbons (Fsp3) is 0.500. The zero-order chi connectivity index (χ0) is 19.3. The fourth-order valence-electron chi connectivity index (χ4n) is 3.36. The van der Waals surface area contributed by atoms with Crippen LogP contribution in [0.4, 0.5) is 13.2 Å². The van der Waals surface area contributed by atoms with E-state index in [0.29, 0.717) is 5.39 Å². The number of nitrogens with zero attached hydrogens (tertiary/aromatic N) is 2. The van der Waals surface area contributed by atoms with Gasteiger partial charge in [0.15, 0.2) is 0 Å². The van der Waals surface area contributed by atoms with Crippen LogP contribution < -0.4 is 0 Å². The lowest BCUT2D eigenvalue weighted by Crippen LogP contribution is -2.45. The summed E-state index contributed by atoms with van der Waals surface area (Å²) in [6, 6.07) is 1.26. The van der Waals surface area contributed by atoms with E-state index in [0.717, 1.165) is 0 Å². The molecule has 10 heteroatoms. The molecule has 144 valence electrons. The van der Waals surface area contributed by atoms with Crippen LogP contribution in [0.1, 0.15) is 24.5 Å². The number of aliphatic hydroxyl groups excluding tert-OH is 1. The molecular formula is C16H19ClF3N3O2S. The second-order valence-electron chi connectivity index (χ2n) is 6.66. The fourth-order valence-corrected chi connectivity index (χ4v) is 4.56.